The molecule has 2 heterocycles. The van der Waals surface area contributed by atoms with Crippen molar-refractivity contribution in [1.82, 2.24) is 9.38 Å². The number of pyridine rings is 1. The van der Waals surface area contributed by atoms with Gasteiger partial charge in [0.05, 0.1) is 5.69 Å². The molecule has 3 aromatic rings. The summed E-state index contributed by atoms with van der Waals surface area (Å²) in [5.74, 6) is -0.970. The van der Waals surface area contributed by atoms with E-state index in [-0.39, 0.29) is 5.69 Å². The van der Waals surface area contributed by atoms with E-state index in [2.05, 4.69) is 4.98 Å². The number of rotatable bonds is 3. The van der Waals surface area contributed by atoms with E-state index in [0.717, 1.165) is 11.3 Å². The number of hydrogen-bond acceptors (Lipinski definition) is 2. The van der Waals surface area contributed by atoms with Crippen molar-refractivity contribution in [2.75, 3.05) is 0 Å². The summed E-state index contributed by atoms with van der Waals surface area (Å²) in [7, 11) is 0. The van der Waals surface area contributed by atoms with Crippen LogP contribution in [0.15, 0.2) is 48.7 Å². The fourth-order valence-corrected chi connectivity index (χ4v) is 2.39. The van der Waals surface area contributed by atoms with E-state index >= 15 is 0 Å². The molecule has 0 aliphatic carbocycles. The van der Waals surface area contributed by atoms with Gasteiger partial charge in [0, 0.05) is 17.6 Å². The van der Waals surface area contributed by atoms with Crippen LogP contribution >= 0.6 is 11.6 Å². The summed E-state index contributed by atoms with van der Waals surface area (Å²) in [4.78, 5) is 15.6. The number of nitrogens with zero attached hydrogens (tertiary/aromatic N) is 2. The summed E-state index contributed by atoms with van der Waals surface area (Å²) in [6.07, 6.45) is 2.36. The van der Waals surface area contributed by atoms with Crippen molar-refractivity contribution in [3.8, 4) is 0 Å². The van der Waals surface area contributed by atoms with Gasteiger partial charge >= 0.3 is 5.97 Å². The van der Waals surface area contributed by atoms with Gasteiger partial charge in [0.2, 0.25) is 0 Å². The molecule has 0 atom stereocenters. The highest BCUT2D eigenvalue weighted by molar-refractivity contribution is 6.30. The third-order valence-electron chi connectivity index (χ3n) is 3.04. The molecule has 0 unspecified atom stereocenters. The number of fused-ring (bicyclic) bond motifs is 1. The van der Waals surface area contributed by atoms with Crippen molar-refractivity contribution in [3.63, 3.8) is 0 Å². The number of carboxylic acids is 1. The van der Waals surface area contributed by atoms with Gasteiger partial charge in [-0.3, -0.25) is 4.40 Å². The Morgan fingerprint density at radius 3 is 2.80 bits per heavy atom. The van der Waals surface area contributed by atoms with Crippen LogP contribution in [-0.2, 0) is 6.42 Å². The van der Waals surface area contributed by atoms with E-state index in [4.69, 9.17) is 16.7 Å². The van der Waals surface area contributed by atoms with Crippen molar-refractivity contribution in [2.24, 2.45) is 0 Å². The van der Waals surface area contributed by atoms with Crippen LogP contribution in [0.3, 0.4) is 0 Å². The normalized spacial score (nSPS) is 10.8. The lowest BCUT2D eigenvalue weighted by Gasteiger charge is -1.98. The topological polar surface area (TPSA) is 54.6 Å². The Balaban J connectivity index is 2.01. The average molecular weight is 287 g/mol. The molecule has 100 valence electrons. The lowest BCUT2D eigenvalue weighted by Crippen LogP contribution is -2.03. The van der Waals surface area contributed by atoms with Gasteiger partial charge in [-0.2, -0.15) is 0 Å². The number of carboxylic acid groups (broad SMARTS) is 1. The van der Waals surface area contributed by atoms with Gasteiger partial charge in [-0.15, -0.1) is 0 Å². The van der Waals surface area contributed by atoms with Gasteiger partial charge in [0.15, 0.2) is 0 Å². The molecule has 0 aliphatic heterocycles. The maximum Gasteiger partial charge on any atom is 0.352 e. The van der Waals surface area contributed by atoms with Crippen molar-refractivity contribution < 1.29 is 9.90 Å². The maximum absolute atomic E-state index is 11.2. The molecule has 5 heteroatoms. The molecule has 1 aromatic carbocycles. The van der Waals surface area contributed by atoms with Crippen LogP contribution in [0.1, 0.15) is 21.7 Å². The second-order valence-electron chi connectivity index (χ2n) is 4.48. The summed E-state index contributed by atoms with van der Waals surface area (Å²) in [6, 6.07) is 12.6. The largest absolute Gasteiger partial charge is 0.477 e. The lowest BCUT2D eigenvalue weighted by atomic mass is 10.1. The molecule has 20 heavy (non-hydrogen) atoms. The maximum atomic E-state index is 11.2. The second-order valence-corrected chi connectivity index (χ2v) is 4.92. The van der Waals surface area contributed by atoms with Gasteiger partial charge in [-0.05, 0) is 29.8 Å². The minimum Gasteiger partial charge on any atom is -0.477 e. The summed E-state index contributed by atoms with van der Waals surface area (Å²) in [5, 5.41) is 9.83. The Morgan fingerprint density at radius 2 is 2.05 bits per heavy atom. The Morgan fingerprint density at radius 1 is 1.25 bits per heavy atom. The molecule has 3 rings (SSSR count). The molecule has 0 fully saturated rings. The van der Waals surface area contributed by atoms with Gasteiger partial charge in [-0.25, -0.2) is 9.78 Å². The SMILES string of the molecule is O=C(O)c1cccc2nc(Cc3cccc(Cl)c3)cn12. The first kappa shape index (κ1) is 12.7. The van der Waals surface area contributed by atoms with Gasteiger partial charge in [-0.1, -0.05) is 29.8 Å². The molecule has 0 amide bonds. The van der Waals surface area contributed by atoms with Crippen molar-refractivity contribution in [2.45, 2.75) is 6.42 Å². The molecule has 0 aliphatic rings. The molecule has 4 nitrogen and oxygen atoms in total. The van der Waals surface area contributed by atoms with E-state index < -0.39 is 5.97 Å². The van der Waals surface area contributed by atoms with Crippen LogP contribution in [0.5, 0.6) is 0 Å². The molecular formula is C15H11ClN2O2. The summed E-state index contributed by atoms with van der Waals surface area (Å²) in [6.45, 7) is 0. The molecule has 2 aromatic heterocycles. The lowest BCUT2D eigenvalue weighted by molar-refractivity contribution is 0.0689. The van der Waals surface area contributed by atoms with Gasteiger partial charge in [0.25, 0.3) is 0 Å². The Kier molecular flexibility index (Phi) is 3.16. The zero-order chi connectivity index (χ0) is 14.1. The minimum absolute atomic E-state index is 0.201. The zero-order valence-corrected chi connectivity index (χ0v) is 11.2. The van der Waals surface area contributed by atoms with E-state index in [1.54, 1.807) is 28.8 Å². The van der Waals surface area contributed by atoms with Crippen LogP contribution in [0.2, 0.25) is 5.02 Å². The third-order valence-corrected chi connectivity index (χ3v) is 3.27. The first-order valence-corrected chi connectivity index (χ1v) is 6.46. The van der Waals surface area contributed by atoms with Crippen molar-refractivity contribution >= 4 is 23.2 Å². The Labute approximate surface area is 120 Å². The molecule has 0 saturated heterocycles. The first-order chi connectivity index (χ1) is 9.63. The van der Waals surface area contributed by atoms with Crippen LogP contribution in [0.4, 0.5) is 0 Å². The molecule has 0 spiro atoms. The van der Waals surface area contributed by atoms with E-state index in [9.17, 15) is 4.79 Å². The Bertz CT molecular complexity index is 795. The third kappa shape index (κ3) is 2.38. The highest BCUT2D eigenvalue weighted by atomic mass is 35.5. The number of hydrogen-bond donors (Lipinski definition) is 1. The fraction of sp³-hybridized carbons (Fsp3) is 0.0667. The molecule has 0 bridgehead atoms. The number of carbonyl (C=O) groups is 1. The molecule has 0 saturated carbocycles. The Hall–Kier alpha value is -2.33. The predicted molar refractivity (Wildman–Crippen MR) is 76.4 cm³/mol. The van der Waals surface area contributed by atoms with Crippen LogP contribution in [-0.4, -0.2) is 20.5 Å². The number of imidazole rings is 1. The smallest absolute Gasteiger partial charge is 0.352 e. The number of aromatic nitrogens is 2. The number of benzene rings is 1. The molecular weight excluding hydrogens is 276 g/mol. The quantitative estimate of drug-likeness (QED) is 0.804. The van der Waals surface area contributed by atoms with E-state index in [1.165, 1.54) is 0 Å². The number of aromatic carboxylic acids is 1. The number of halogens is 1. The highest BCUT2D eigenvalue weighted by Gasteiger charge is 2.10. The van der Waals surface area contributed by atoms with Crippen LogP contribution in [0, 0.1) is 0 Å². The summed E-state index contributed by atoms with van der Waals surface area (Å²) in [5.41, 5.74) is 2.67. The fourth-order valence-electron chi connectivity index (χ4n) is 2.18. The van der Waals surface area contributed by atoms with Crippen molar-refractivity contribution in [3.05, 3.63) is 70.6 Å². The molecule has 1 N–H and O–H groups in total. The highest BCUT2D eigenvalue weighted by Crippen LogP contribution is 2.16. The predicted octanol–water partition coefficient (Wildman–Crippen LogP) is 3.28. The van der Waals surface area contributed by atoms with E-state index in [1.807, 2.05) is 24.3 Å². The summed E-state index contributed by atoms with van der Waals surface area (Å²) >= 11 is 5.95. The van der Waals surface area contributed by atoms with Gasteiger partial charge in [0.1, 0.15) is 11.3 Å². The minimum atomic E-state index is -0.970. The van der Waals surface area contributed by atoms with Crippen LogP contribution in [0.25, 0.3) is 5.65 Å². The first-order valence-electron chi connectivity index (χ1n) is 6.08. The summed E-state index contributed by atoms with van der Waals surface area (Å²) < 4.78 is 1.59. The van der Waals surface area contributed by atoms with Crippen molar-refractivity contribution in [1.29, 1.82) is 0 Å². The monoisotopic (exact) mass is 286 g/mol. The molecule has 0 radical (unpaired) electrons. The standard InChI is InChI=1S/C15H11ClN2O2/c16-11-4-1-3-10(7-11)8-12-9-18-13(15(19)20)5-2-6-14(18)17-12/h1-7,9H,8H2,(H,19,20). The van der Waals surface area contributed by atoms with Gasteiger partial charge < -0.3 is 5.11 Å². The van der Waals surface area contributed by atoms with E-state index in [0.29, 0.717) is 17.1 Å². The second kappa shape index (κ2) is 4.98. The zero-order valence-electron chi connectivity index (χ0n) is 10.5. The average Bonchev–Trinajstić information content (AvgIpc) is 2.80. The van der Waals surface area contributed by atoms with Crippen LogP contribution < -0.4 is 0 Å².